The maximum absolute atomic E-state index is 5.81. The molecule has 1 aromatic rings. The van der Waals surface area contributed by atoms with E-state index in [1.165, 1.54) is 24.8 Å². The Morgan fingerprint density at radius 2 is 2.12 bits per heavy atom. The summed E-state index contributed by atoms with van der Waals surface area (Å²) in [5.41, 5.74) is 6.79. The molecule has 1 aliphatic carbocycles. The fraction of sp³-hybridized carbons (Fsp3) is 0.538. The van der Waals surface area contributed by atoms with Crippen molar-refractivity contribution in [1.82, 2.24) is 0 Å². The van der Waals surface area contributed by atoms with Gasteiger partial charge in [0.1, 0.15) is 5.75 Å². The van der Waals surface area contributed by atoms with Gasteiger partial charge < -0.3 is 10.5 Å². The highest BCUT2D eigenvalue weighted by Crippen LogP contribution is 2.28. The van der Waals surface area contributed by atoms with E-state index in [2.05, 4.69) is 28.1 Å². The van der Waals surface area contributed by atoms with E-state index in [0.717, 1.165) is 29.2 Å². The average Bonchev–Trinajstić information content (AvgIpc) is 2.14. The van der Waals surface area contributed by atoms with Crippen LogP contribution in [0.4, 0.5) is 0 Å². The molecule has 16 heavy (non-hydrogen) atoms. The standard InChI is InChI=1S/C13H18BrNO/c14-12-6-11(4-5-15)7-13(8-12)16-9-10-2-1-3-10/h6-8,10H,1-5,9,15H2. The molecule has 2 nitrogen and oxygen atoms in total. The van der Waals surface area contributed by atoms with Gasteiger partial charge in [-0.15, -0.1) is 0 Å². The fourth-order valence-corrected chi connectivity index (χ4v) is 2.41. The van der Waals surface area contributed by atoms with Gasteiger partial charge in [-0.2, -0.15) is 0 Å². The lowest BCUT2D eigenvalue weighted by Crippen LogP contribution is -2.19. The molecule has 1 saturated carbocycles. The molecular formula is C13H18BrNO. The van der Waals surface area contributed by atoms with Crippen LogP contribution in [0.3, 0.4) is 0 Å². The molecule has 0 spiro atoms. The molecular weight excluding hydrogens is 266 g/mol. The summed E-state index contributed by atoms with van der Waals surface area (Å²) in [6, 6.07) is 6.22. The van der Waals surface area contributed by atoms with Crippen LogP contribution in [0.5, 0.6) is 5.75 Å². The Bertz CT molecular complexity index is 350. The van der Waals surface area contributed by atoms with Gasteiger partial charge in [0.2, 0.25) is 0 Å². The van der Waals surface area contributed by atoms with E-state index >= 15 is 0 Å². The van der Waals surface area contributed by atoms with E-state index < -0.39 is 0 Å². The SMILES string of the molecule is NCCc1cc(Br)cc(OCC2CCC2)c1. The molecule has 0 aliphatic heterocycles. The zero-order chi connectivity index (χ0) is 11.4. The number of ether oxygens (including phenoxy) is 1. The van der Waals surface area contributed by atoms with E-state index in [0.29, 0.717) is 6.54 Å². The normalized spacial score (nSPS) is 15.9. The fourth-order valence-electron chi connectivity index (χ4n) is 1.89. The van der Waals surface area contributed by atoms with Gasteiger partial charge in [0.05, 0.1) is 6.61 Å². The van der Waals surface area contributed by atoms with Crippen molar-refractivity contribution in [3.8, 4) is 5.75 Å². The minimum atomic E-state index is 0.679. The third-order valence-electron chi connectivity index (χ3n) is 3.07. The Hall–Kier alpha value is -0.540. The van der Waals surface area contributed by atoms with Crippen LogP contribution in [-0.2, 0) is 6.42 Å². The van der Waals surface area contributed by atoms with Gasteiger partial charge in [0.15, 0.2) is 0 Å². The van der Waals surface area contributed by atoms with Crippen molar-refractivity contribution in [2.45, 2.75) is 25.7 Å². The molecule has 0 radical (unpaired) electrons. The summed E-state index contributed by atoms with van der Waals surface area (Å²) in [5, 5.41) is 0. The smallest absolute Gasteiger partial charge is 0.120 e. The van der Waals surface area contributed by atoms with Crippen molar-refractivity contribution in [3.63, 3.8) is 0 Å². The van der Waals surface area contributed by atoms with Gasteiger partial charge in [0, 0.05) is 4.47 Å². The predicted molar refractivity (Wildman–Crippen MR) is 69.7 cm³/mol. The minimum absolute atomic E-state index is 0.679. The molecule has 0 saturated heterocycles. The first-order chi connectivity index (χ1) is 7.78. The molecule has 0 atom stereocenters. The van der Waals surface area contributed by atoms with Crippen LogP contribution in [0, 0.1) is 5.92 Å². The number of hydrogen-bond donors (Lipinski definition) is 1. The first-order valence-electron chi connectivity index (χ1n) is 5.90. The summed E-state index contributed by atoms with van der Waals surface area (Å²) < 4.78 is 6.88. The van der Waals surface area contributed by atoms with Crippen molar-refractivity contribution < 1.29 is 4.74 Å². The molecule has 0 aromatic heterocycles. The molecule has 0 bridgehead atoms. The average molecular weight is 284 g/mol. The maximum atomic E-state index is 5.81. The zero-order valence-electron chi connectivity index (χ0n) is 9.42. The van der Waals surface area contributed by atoms with E-state index in [1.807, 2.05) is 6.07 Å². The van der Waals surface area contributed by atoms with Crippen molar-refractivity contribution in [2.24, 2.45) is 11.7 Å². The zero-order valence-corrected chi connectivity index (χ0v) is 11.0. The molecule has 3 heteroatoms. The second kappa shape index (κ2) is 5.69. The van der Waals surface area contributed by atoms with E-state index in [1.54, 1.807) is 0 Å². The van der Waals surface area contributed by atoms with Crippen LogP contribution in [-0.4, -0.2) is 13.2 Å². The molecule has 0 heterocycles. The summed E-state index contributed by atoms with van der Waals surface area (Å²) in [4.78, 5) is 0. The van der Waals surface area contributed by atoms with Crippen molar-refractivity contribution in [2.75, 3.05) is 13.2 Å². The predicted octanol–water partition coefficient (Wildman–Crippen LogP) is 3.13. The van der Waals surface area contributed by atoms with E-state index in [4.69, 9.17) is 10.5 Å². The van der Waals surface area contributed by atoms with Gasteiger partial charge in [0.25, 0.3) is 0 Å². The van der Waals surface area contributed by atoms with Crippen LogP contribution in [0.25, 0.3) is 0 Å². The molecule has 1 fully saturated rings. The second-order valence-electron chi connectivity index (χ2n) is 4.44. The lowest BCUT2D eigenvalue weighted by Gasteiger charge is -2.25. The van der Waals surface area contributed by atoms with Crippen LogP contribution >= 0.6 is 15.9 Å². The quantitative estimate of drug-likeness (QED) is 0.901. The Kier molecular flexibility index (Phi) is 4.24. The van der Waals surface area contributed by atoms with Crippen molar-refractivity contribution in [1.29, 1.82) is 0 Å². The first kappa shape index (κ1) is 11.9. The largest absolute Gasteiger partial charge is 0.493 e. The van der Waals surface area contributed by atoms with Crippen LogP contribution in [0.2, 0.25) is 0 Å². The summed E-state index contributed by atoms with van der Waals surface area (Å²) in [6.45, 7) is 1.54. The highest BCUT2D eigenvalue weighted by molar-refractivity contribution is 9.10. The van der Waals surface area contributed by atoms with Crippen LogP contribution < -0.4 is 10.5 Å². The van der Waals surface area contributed by atoms with Crippen molar-refractivity contribution >= 4 is 15.9 Å². The van der Waals surface area contributed by atoms with Gasteiger partial charge in [-0.25, -0.2) is 0 Å². The first-order valence-corrected chi connectivity index (χ1v) is 6.69. The van der Waals surface area contributed by atoms with E-state index in [-0.39, 0.29) is 0 Å². The topological polar surface area (TPSA) is 35.2 Å². The highest BCUT2D eigenvalue weighted by atomic mass is 79.9. The number of halogens is 1. The number of hydrogen-bond acceptors (Lipinski definition) is 2. The minimum Gasteiger partial charge on any atom is -0.493 e. The highest BCUT2D eigenvalue weighted by Gasteiger charge is 2.17. The maximum Gasteiger partial charge on any atom is 0.120 e. The van der Waals surface area contributed by atoms with Crippen LogP contribution in [0.15, 0.2) is 22.7 Å². The lowest BCUT2D eigenvalue weighted by molar-refractivity contribution is 0.180. The number of nitrogens with two attached hydrogens (primary N) is 1. The molecule has 0 amide bonds. The lowest BCUT2D eigenvalue weighted by atomic mass is 9.86. The molecule has 88 valence electrons. The Labute approximate surface area is 105 Å². The molecule has 1 aromatic carbocycles. The number of rotatable bonds is 5. The van der Waals surface area contributed by atoms with Gasteiger partial charge in [-0.05, 0) is 55.5 Å². The Balaban J connectivity index is 1.95. The Morgan fingerprint density at radius 3 is 2.75 bits per heavy atom. The third kappa shape index (κ3) is 3.22. The monoisotopic (exact) mass is 283 g/mol. The molecule has 0 unspecified atom stereocenters. The van der Waals surface area contributed by atoms with Crippen LogP contribution in [0.1, 0.15) is 24.8 Å². The third-order valence-corrected chi connectivity index (χ3v) is 3.53. The number of benzene rings is 1. The Morgan fingerprint density at radius 1 is 1.31 bits per heavy atom. The molecule has 1 aliphatic rings. The van der Waals surface area contributed by atoms with Crippen molar-refractivity contribution in [3.05, 3.63) is 28.2 Å². The summed E-state index contributed by atoms with van der Waals surface area (Å²) in [7, 11) is 0. The van der Waals surface area contributed by atoms with Gasteiger partial charge in [-0.1, -0.05) is 22.4 Å². The van der Waals surface area contributed by atoms with E-state index in [9.17, 15) is 0 Å². The summed E-state index contributed by atoms with van der Waals surface area (Å²) >= 11 is 3.50. The molecule has 2 rings (SSSR count). The summed E-state index contributed by atoms with van der Waals surface area (Å²) in [5.74, 6) is 1.74. The van der Waals surface area contributed by atoms with Gasteiger partial charge >= 0.3 is 0 Å². The summed E-state index contributed by atoms with van der Waals surface area (Å²) in [6.07, 6.45) is 4.91. The molecule has 2 N–H and O–H groups in total. The second-order valence-corrected chi connectivity index (χ2v) is 5.36. The van der Waals surface area contributed by atoms with Gasteiger partial charge in [-0.3, -0.25) is 0 Å².